The van der Waals surface area contributed by atoms with Crippen molar-refractivity contribution in [3.63, 3.8) is 0 Å². The first-order valence-electron chi connectivity index (χ1n) is 11.1. The number of imidazole rings is 1. The lowest BCUT2D eigenvalue weighted by Crippen LogP contribution is -2.32. The van der Waals surface area contributed by atoms with Gasteiger partial charge in [-0.05, 0) is 73.9 Å². The lowest BCUT2D eigenvalue weighted by Gasteiger charge is -2.18. The summed E-state index contributed by atoms with van der Waals surface area (Å²) < 4.78 is 10.8. The molecule has 0 saturated heterocycles. The maximum absolute atomic E-state index is 12.8. The topological polar surface area (TPSA) is 93.3 Å². The third-order valence-corrected chi connectivity index (χ3v) is 5.72. The smallest absolute Gasteiger partial charge is 0.338 e. The highest BCUT2D eigenvalue weighted by atomic mass is 16.5. The van der Waals surface area contributed by atoms with Crippen LogP contribution in [0.3, 0.4) is 0 Å². The molecule has 2 N–H and O–H groups in total. The Labute approximate surface area is 198 Å². The zero-order valence-electron chi connectivity index (χ0n) is 19.6. The number of benzene rings is 3. The van der Waals surface area contributed by atoms with Crippen molar-refractivity contribution >= 4 is 28.6 Å². The maximum Gasteiger partial charge on any atom is 0.338 e. The van der Waals surface area contributed by atoms with Crippen LogP contribution in [0, 0.1) is 13.8 Å². The van der Waals surface area contributed by atoms with E-state index in [1.807, 2.05) is 56.3 Å². The molecule has 1 amide bonds. The third kappa shape index (κ3) is 4.78. The van der Waals surface area contributed by atoms with E-state index in [1.165, 1.54) is 0 Å². The van der Waals surface area contributed by atoms with Crippen molar-refractivity contribution in [1.82, 2.24) is 9.97 Å². The first-order valence-corrected chi connectivity index (χ1v) is 11.1. The molecule has 7 nitrogen and oxygen atoms in total. The van der Waals surface area contributed by atoms with Crippen LogP contribution < -0.4 is 10.1 Å². The average Bonchev–Trinajstić information content (AvgIpc) is 3.28. The second-order valence-electron chi connectivity index (χ2n) is 8.10. The van der Waals surface area contributed by atoms with Crippen LogP contribution in [0.25, 0.3) is 22.4 Å². The van der Waals surface area contributed by atoms with E-state index in [9.17, 15) is 9.59 Å². The van der Waals surface area contributed by atoms with Crippen molar-refractivity contribution in [2.24, 2.45) is 0 Å². The van der Waals surface area contributed by atoms with E-state index in [0.717, 1.165) is 33.6 Å². The molecule has 1 atom stereocenters. The SMILES string of the molecule is CCC(OC(=O)c1ccc2nc(-c3ccc(OC)cc3)[nH]c2c1)C(=O)Nc1c(C)cccc1C. The van der Waals surface area contributed by atoms with Gasteiger partial charge in [-0.25, -0.2) is 9.78 Å². The number of hydrogen-bond acceptors (Lipinski definition) is 5. The van der Waals surface area contributed by atoms with Gasteiger partial charge in [-0.15, -0.1) is 0 Å². The number of esters is 1. The summed E-state index contributed by atoms with van der Waals surface area (Å²) in [5.41, 5.74) is 5.31. The second kappa shape index (κ2) is 9.79. The number of anilines is 1. The molecule has 1 aromatic heterocycles. The predicted octanol–water partition coefficient (Wildman–Crippen LogP) is 5.43. The number of hydrogen-bond donors (Lipinski definition) is 2. The number of para-hydroxylation sites is 1. The summed E-state index contributed by atoms with van der Waals surface area (Å²) in [7, 11) is 1.62. The zero-order chi connectivity index (χ0) is 24.2. The number of aromatic nitrogens is 2. The molecule has 4 rings (SSSR count). The Bertz CT molecular complexity index is 1320. The summed E-state index contributed by atoms with van der Waals surface area (Å²) in [5.74, 6) is 0.531. The Morgan fingerprint density at radius 3 is 2.38 bits per heavy atom. The van der Waals surface area contributed by atoms with E-state index in [0.29, 0.717) is 23.3 Å². The van der Waals surface area contributed by atoms with Crippen LogP contribution in [0.5, 0.6) is 5.75 Å². The Kier molecular flexibility index (Phi) is 6.63. The summed E-state index contributed by atoms with van der Waals surface area (Å²) in [4.78, 5) is 33.5. The van der Waals surface area contributed by atoms with Crippen LogP contribution in [0.1, 0.15) is 34.8 Å². The number of amides is 1. The standard InChI is InChI=1S/C27H27N3O4/c1-5-23(26(31)30-24-16(2)7-6-8-17(24)3)34-27(32)19-11-14-21-22(15-19)29-25(28-21)18-9-12-20(33-4)13-10-18/h6-15,23H,5H2,1-4H3,(H,28,29)(H,30,31). The summed E-state index contributed by atoms with van der Waals surface area (Å²) in [5, 5.41) is 2.90. The number of rotatable bonds is 7. The molecule has 4 aromatic rings. The molecule has 0 radical (unpaired) electrons. The van der Waals surface area contributed by atoms with Gasteiger partial charge in [0.1, 0.15) is 11.6 Å². The van der Waals surface area contributed by atoms with Crippen molar-refractivity contribution in [2.45, 2.75) is 33.3 Å². The van der Waals surface area contributed by atoms with Crippen molar-refractivity contribution in [3.05, 3.63) is 77.4 Å². The average molecular weight is 458 g/mol. The highest BCUT2D eigenvalue weighted by molar-refractivity contribution is 5.99. The number of methoxy groups -OCH3 is 1. The van der Waals surface area contributed by atoms with Crippen LogP contribution >= 0.6 is 0 Å². The minimum atomic E-state index is -0.904. The number of nitrogens with zero attached hydrogens (tertiary/aromatic N) is 1. The van der Waals surface area contributed by atoms with E-state index < -0.39 is 12.1 Å². The Balaban J connectivity index is 1.50. The van der Waals surface area contributed by atoms with Crippen LogP contribution in [0.4, 0.5) is 5.69 Å². The first-order chi connectivity index (χ1) is 16.4. The lowest BCUT2D eigenvalue weighted by molar-refractivity contribution is -0.124. The molecule has 7 heteroatoms. The second-order valence-corrected chi connectivity index (χ2v) is 8.10. The van der Waals surface area contributed by atoms with E-state index in [1.54, 1.807) is 32.2 Å². The molecule has 1 heterocycles. The Hall–Kier alpha value is -4.13. The van der Waals surface area contributed by atoms with Gasteiger partial charge in [0.25, 0.3) is 5.91 Å². The van der Waals surface area contributed by atoms with Crippen molar-refractivity contribution in [2.75, 3.05) is 12.4 Å². The molecule has 0 aliphatic rings. The fraction of sp³-hybridized carbons (Fsp3) is 0.222. The van der Waals surface area contributed by atoms with Crippen LogP contribution in [-0.4, -0.2) is 35.1 Å². The largest absolute Gasteiger partial charge is 0.497 e. The number of H-pyrrole nitrogens is 1. The zero-order valence-corrected chi connectivity index (χ0v) is 19.6. The molecular formula is C27H27N3O4. The van der Waals surface area contributed by atoms with Gasteiger partial charge >= 0.3 is 5.97 Å². The van der Waals surface area contributed by atoms with E-state index in [-0.39, 0.29) is 5.91 Å². The van der Waals surface area contributed by atoms with Gasteiger partial charge in [-0.1, -0.05) is 25.1 Å². The number of aromatic amines is 1. The third-order valence-electron chi connectivity index (χ3n) is 5.72. The van der Waals surface area contributed by atoms with Crippen molar-refractivity contribution in [3.8, 4) is 17.1 Å². The van der Waals surface area contributed by atoms with Crippen LogP contribution in [0.2, 0.25) is 0 Å². The molecule has 0 fully saturated rings. The van der Waals surface area contributed by atoms with Gasteiger partial charge in [-0.3, -0.25) is 4.79 Å². The van der Waals surface area contributed by atoms with Gasteiger partial charge in [0.05, 0.1) is 23.7 Å². The van der Waals surface area contributed by atoms with Gasteiger partial charge in [0.15, 0.2) is 6.10 Å². The molecule has 34 heavy (non-hydrogen) atoms. The van der Waals surface area contributed by atoms with E-state index >= 15 is 0 Å². The Morgan fingerprint density at radius 1 is 1.03 bits per heavy atom. The molecule has 0 aliphatic carbocycles. The number of carbonyl (C=O) groups is 2. The minimum Gasteiger partial charge on any atom is -0.497 e. The summed E-state index contributed by atoms with van der Waals surface area (Å²) >= 11 is 0. The highest BCUT2D eigenvalue weighted by Crippen LogP contribution is 2.24. The number of ether oxygens (including phenoxy) is 2. The molecule has 1 unspecified atom stereocenters. The molecule has 0 bridgehead atoms. The summed E-state index contributed by atoms with van der Waals surface area (Å²) in [6.45, 7) is 5.66. The highest BCUT2D eigenvalue weighted by Gasteiger charge is 2.23. The Morgan fingerprint density at radius 2 is 1.74 bits per heavy atom. The van der Waals surface area contributed by atoms with Gasteiger partial charge < -0.3 is 19.8 Å². The fourth-order valence-electron chi connectivity index (χ4n) is 3.76. The number of nitrogens with one attached hydrogen (secondary N) is 2. The quantitative estimate of drug-likeness (QED) is 0.361. The van der Waals surface area contributed by atoms with E-state index in [2.05, 4.69) is 15.3 Å². The monoisotopic (exact) mass is 457 g/mol. The summed E-state index contributed by atoms with van der Waals surface area (Å²) in [6.07, 6.45) is -0.546. The number of aryl methyl sites for hydroxylation is 2. The summed E-state index contributed by atoms with van der Waals surface area (Å²) in [6, 6.07) is 18.4. The van der Waals surface area contributed by atoms with Crippen molar-refractivity contribution < 1.29 is 19.1 Å². The van der Waals surface area contributed by atoms with Crippen molar-refractivity contribution in [1.29, 1.82) is 0 Å². The normalized spacial score (nSPS) is 11.8. The van der Waals surface area contributed by atoms with Gasteiger partial charge in [0, 0.05) is 11.3 Å². The molecular weight excluding hydrogens is 430 g/mol. The first kappa shape index (κ1) is 23.0. The number of fused-ring (bicyclic) bond motifs is 1. The van der Waals surface area contributed by atoms with Crippen LogP contribution in [0.15, 0.2) is 60.7 Å². The molecule has 0 saturated carbocycles. The van der Waals surface area contributed by atoms with E-state index in [4.69, 9.17) is 9.47 Å². The number of carbonyl (C=O) groups excluding carboxylic acids is 2. The fourth-order valence-corrected chi connectivity index (χ4v) is 3.76. The molecule has 3 aromatic carbocycles. The predicted molar refractivity (Wildman–Crippen MR) is 132 cm³/mol. The molecule has 0 spiro atoms. The lowest BCUT2D eigenvalue weighted by atomic mass is 10.1. The van der Waals surface area contributed by atoms with Gasteiger partial charge in [-0.2, -0.15) is 0 Å². The maximum atomic E-state index is 12.8. The van der Waals surface area contributed by atoms with Crippen LogP contribution in [-0.2, 0) is 9.53 Å². The minimum absolute atomic E-state index is 0.343. The molecule has 174 valence electrons. The van der Waals surface area contributed by atoms with Gasteiger partial charge in [0.2, 0.25) is 0 Å². The molecule has 0 aliphatic heterocycles.